The first-order chi connectivity index (χ1) is 11.1. The zero-order valence-electron chi connectivity index (χ0n) is 13.3. The molecule has 0 aliphatic heterocycles. The fourth-order valence-electron chi connectivity index (χ4n) is 3.28. The van der Waals surface area contributed by atoms with E-state index in [-0.39, 0.29) is 11.3 Å². The number of hydrogen-bond donors (Lipinski definition) is 2. The Morgan fingerprint density at radius 3 is 2.21 bits per heavy atom. The van der Waals surface area contributed by atoms with Gasteiger partial charge in [-0.05, 0) is 49.9 Å². The monoisotopic (exact) mass is 365 g/mol. The highest BCUT2D eigenvalue weighted by Gasteiger charge is 2.34. The van der Waals surface area contributed by atoms with Crippen LogP contribution in [-0.4, -0.2) is 30.8 Å². The minimum Gasteiger partial charge on any atom is -0.311 e. The molecule has 1 saturated carbocycles. The summed E-state index contributed by atoms with van der Waals surface area (Å²) in [6.07, 6.45) is 0.444. The van der Waals surface area contributed by atoms with Crippen LogP contribution in [0.4, 0.5) is 13.2 Å². The lowest BCUT2D eigenvalue weighted by Gasteiger charge is -2.31. The van der Waals surface area contributed by atoms with Crippen molar-refractivity contribution in [3.05, 3.63) is 35.4 Å². The van der Waals surface area contributed by atoms with Gasteiger partial charge < -0.3 is 5.32 Å². The molecule has 1 aromatic rings. The summed E-state index contributed by atoms with van der Waals surface area (Å²) in [6.45, 7) is 0.445. The summed E-state index contributed by atoms with van der Waals surface area (Å²) in [5.74, 6) is -0.295. The van der Waals surface area contributed by atoms with Crippen LogP contribution in [0.1, 0.15) is 43.2 Å². The largest absolute Gasteiger partial charge is 0.416 e. The van der Waals surface area contributed by atoms with Crippen molar-refractivity contribution < 1.29 is 26.1 Å². The molecule has 0 unspecified atom stereocenters. The van der Waals surface area contributed by atoms with Crippen molar-refractivity contribution in [1.29, 1.82) is 0 Å². The summed E-state index contributed by atoms with van der Waals surface area (Å²) >= 11 is 0. The molecule has 24 heavy (non-hydrogen) atoms. The van der Waals surface area contributed by atoms with Gasteiger partial charge in [-0.25, -0.2) is 0 Å². The van der Waals surface area contributed by atoms with Gasteiger partial charge in [-0.1, -0.05) is 25.0 Å². The molecule has 0 aromatic heterocycles. The Hall–Kier alpha value is -1.12. The van der Waals surface area contributed by atoms with Crippen LogP contribution in [0.5, 0.6) is 0 Å². The lowest BCUT2D eigenvalue weighted by Crippen LogP contribution is -2.45. The van der Waals surface area contributed by atoms with Crippen LogP contribution < -0.4 is 5.32 Å². The van der Waals surface area contributed by atoms with E-state index in [2.05, 4.69) is 5.32 Å². The highest BCUT2D eigenvalue weighted by molar-refractivity contribution is 7.85. The molecule has 0 amide bonds. The first-order valence-corrected chi connectivity index (χ1v) is 9.57. The Labute approximate surface area is 140 Å². The predicted molar refractivity (Wildman–Crippen MR) is 85.4 cm³/mol. The molecule has 136 valence electrons. The van der Waals surface area contributed by atoms with Crippen molar-refractivity contribution >= 4 is 10.1 Å². The lowest BCUT2D eigenvalue weighted by molar-refractivity contribution is -0.137. The molecule has 0 radical (unpaired) electrons. The molecule has 1 fully saturated rings. The molecule has 0 saturated heterocycles. The minimum atomic E-state index is -4.34. The number of alkyl halides is 3. The Bertz CT molecular complexity index is 636. The zero-order valence-corrected chi connectivity index (χ0v) is 14.1. The molecule has 0 bridgehead atoms. The van der Waals surface area contributed by atoms with E-state index in [1.54, 1.807) is 0 Å². The van der Waals surface area contributed by atoms with Crippen molar-refractivity contribution in [2.75, 3.05) is 12.3 Å². The van der Waals surface area contributed by atoms with Gasteiger partial charge in [0.2, 0.25) is 0 Å². The highest BCUT2D eigenvalue weighted by Crippen LogP contribution is 2.34. The van der Waals surface area contributed by atoms with E-state index >= 15 is 0 Å². The molecule has 1 aliphatic carbocycles. The molecule has 0 atom stereocenters. The van der Waals surface area contributed by atoms with E-state index in [4.69, 9.17) is 4.55 Å². The molecule has 2 N–H and O–H groups in total. The third-order valence-electron chi connectivity index (χ3n) is 4.46. The summed E-state index contributed by atoms with van der Waals surface area (Å²) in [5, 5.41) is 3.36. The maximum atomic E-state index is 12.6. The molecule has 2 rings (SSSR count). The third-order valence-corrected chi connectivity index (χ3v) is 5.27. The van der Waals surface area contributed by atoms with Crippen LogP contribution in [0.25, 0.3) is 0 Å². The van der Waals surface area contributed by atoms with Gasteiger partial charge in [0, 0.05) is 5.54 Å². The van der Waals surface area contributed by atoms with E-state index < -0.39 is 21.9 Å². The smallest absolute Gasteiger partial charge is 0.311 e. The van der Waals surface area contributed by atoms with Gasteiger partial charge in [0.1, 0.15) is 0 Å². The zero-order chi connectivity index (χ0) is 17.8. The number of benzene rings is 1. The Kier molecular flexibility index (Phi) is 5.93. The van der Waals surface area contributed by atoms with Crippen molar-refractivity contribution in [3.8, 4) is 0 Å². The van der Waals surface area contributed by atoms with Gasteiger partial charge in [0.25, 0.3) is 10.1 Å². The molecule has 1 aliphatic rings. The first-order valence-electron chi connectivity index (χ1n) is 7.96. The van der Waals surface area contributed by atoms with Gasteiger partial charge in [0.15, 0.2) is 0 Å². The summed E-state index contributed by atoms with van der Waals surface area (Å²) < 4.78 is 68.1. The van der Waals surface area contributed by atoms with E-state index in [1.165, 1.54) is 12.1 Å². The van der Waals surface area contributed by atoms with Gasteiger partial charge in [0.05, 0.1) is 11.3 Å². The Morgan fingerprint density at radius 1 is 1.12 bits per heavy atom. The van der Waals surface area contributed by atoms with Gasteiger partial charge in [-0.15, -0.1) is 0 Å². The van der Waals surface area contributed by atoms with Crippen LogP contribution in [0.3, 0.4) is 0 Å². The topological polar surface area (TPSA) is 66.4 Å². The average Bonchev–Trinajstić information content (AvgIpc) is 2.91. The van der Waals surface area contributed by atoms with Crippen LogP contribution in [-0.2, 0) is 22.7 Å². The van der Waals surface area contributed by atoms with Gasteiger partial charge >= 0.3 is 6.18 Å². The van der Waals surface area contributed by atoms with Gasteiger partial charge in [-0.2, -0.15) is 21.6 Å². The number of rotatable bonds is 7. The number of hydrogen-bond acceptors (Lipinski definition) is 3. The molecule has 8 heteroatoms. The lowest BCUT2D eigenvalue weighted by atomic mass is 9.88. The Morgan fingerprint density at radius 2 is 1.71 bits per heavy atom. The summed E-state index contributed by atoms with van der Waals surface area (Å²) in [6, 6.07) is 5.19. The molecule has 4 nitrogen and oxygen atoms in total. The summed E-state index contributed by atoms with van der Waals surface area (Å²) in [7, 11) is -3.96. The normalized spacial score (nSPS) is 18.0. The predicted octanol–water partition coefficient (Wildman–Crippen LogP) is 3.43. The molecule has 0 spiro atoms. The SMILES string of the molecule is O=S(=O)(O)CCCNC1(Cc2ccc(C(F)(F)F)cc2)CCCC1. The van der Waals surface area contributed by atoms with Crippen LogP contribution >= 0.6 is 0 Å². The van der Waals surface area contributed by atoms with Crippen LogP contribution in [0.2, 0.25) is 0 Å². The third kappa shape index (κ3) is 5.75. The minimum absolute atomic E-state index is 0.209. The van der Waals surface area contributed by atoms with E-state index in [9.17, 15) is 21.6 Å². The average molecular weight is 365 g/mol. The molecular weight excluding hydrogens is 343 g/mol. The molecule has 1 aromatic carbocycles. The van der Waals surface area contributed by atoms with Crippen molar-refractivity contribution in [3.63, 3.8) is 0 Å². The van der Waals surface area contributed by atoms with E-state index in [1.807, 2.05) is 0 Å². The molecule has 0 heterocycles. The second-order valence-corrected chi connectivity index (χ2v) is 8.00. The van der Waals surface area contributed by atoms with Crippen molar-refractivity contribution in [1.82, 2.24) is 5.32 Å². The second kappa shape index (κ2) is 7.41. The fourth-order valence-corrected chi connectivity index (χ4v) is 3.79. The highest BCUT2D eigenvalue weighted by atomic mass is 32.2. The van der Waals surface area contributed by atoms with Crippen molar-refractivity contribution in [2.45, 2.75) is 50.2 Å². The summed E-state index contributed by atoms with van der Waals surface area (Å²) in [5.41, 5.74) is -0.0427. The van der Waals surface area contributed by atoms with Gasteiger partial charge in [-0.3, -0.25) is 4.55 Å². The maximum absolute atomic E-state index is 12.6. The quantitative estimate of drug-likeness (QED) is 0.574. The summed E-state index contributed by atoms with van der Waals surface area (Å²) in [4.78, 5) is 0. The Balaban J connectivity index is 1.97. The number of nitrogens with one attached hydrogen (secondary N) is 1. The first kappa shape index (κ1) is 19.2. The van der Waals surface area contributed by atoms with Crippen LogP contribution in [0, 0.1) is 0 Å². The fraction of sp³-hybridized carbons (Fsp3) is 0.625. The van der Waals surface area contributed by atoms with Crippen LogP contribution in [0.15, 0.2) is 24.3 Å². The molecular formula is C16H22F3NO3S. The van der Waals surface area contributed by atoms with E-state index in [0.717, 1.165) is 43.4 Å². The standard InChI is InChI=1S/C16H22F3NO3S/c17-16(18,19)14-6-4-13(5-7-14)12-15(8-1-2-9-15)20-10-3-11-24(21,22)23/h4-7,20H,1-3,8-12H2,(H,21,22,23). The second-order valence-electron chi connectivity index (χ2n) is 6.43. The van der Waals surface area contributed by atoms with E-state index in [0.29, 0.717) is 19.4 Å². The van der Waals surface area contributed by atoms with Crippen molar-refractivity contribution in [2.24, 2.45) is 0 Å². The maximum Gasteiger partial charge on any atom is 0.416 e. The number of halogens is 3.